The van der Waals surface area contributed by atoms with Crippen LogP contribution in [-0.2, 0) is 10.1 Å². The molecule has 2 atom stereocenters. The molecule has 0 aromatic rings. The van der Waals surface area contributed by atoms with E-state index in [2.05, 4.69) is 0 Å². The van der Waals surface area contributed by atoms with Gasteiger partial charge in [-0.15, -0.1) is 0 Å². The van der Waals surface area contributed by atoms with Crippen molar-refractivity contribution >= 4 is 33.3 Å². The van der Waals surface area contributed by atoms with E-state index in [-0.39, 0.29) is 5.03 Å². The Balaban J connectivity index is 3.23. The monoisotopic (exact) mass is 244 g/mol. The summed E-state index contributed by atoms with van der Waals surface area (Å²) in [5.41, 5.74) is 0. The Bertz CT molecular complexity index is 372. The third kappa shape index (κ3) is 1.75. The SMILES string of the molecule is O=S(=O)(O)C1(Cl)C=CC=C(Cl)C1O. The van der Waals surface area contributed by atoms with Crippen molar-refractivity contribution in [2.45, 2.75) is 10.3 Å². The van der Waals surface area contributed by atoms with Gasteiger partial charge < -0.3 is 5.11 Å². The Morgan fingerprint density at radius 1 is 1.54 bits per heavy atom. The Morgan fingerprint density at radius 3 is 2.46 bits per heavy atom. The third-order valence-electron chi connectivity index (χ3n) is 1.61. The molecule has 0 spiro atoms. The van der Waals surface area contributed by atoms with Crippen LogP contribution in [0.2, 0.25) is 0 Å². The summed E-state index contributed by atoms with van der Waals surface area (Å²) in [6.07, 6.45) is 1.84. The van der Waals surface area contributed by atoms with Gasteiger partial charge in [-0.05, 0) is 12.2 Å². The highest BCUT2D eigenvalue weighted by molar-refractivity contribution is 7.89. The predicted octanol–water partition coefficient (Wildman–Crippen LogP) is 0.863. The standard InChI is InChI=1S/C6H6Cl2O4S/c7-4-2-1-3-6(8,5(4)9)13(10,11)12/h1-3,5,9H,(H,10,11,12). The fourth-order valence-electron chi connectivity index (χ4n) is 0.869. The van der Waals surface area contributed by atoms with E-state index in [1.165, 1.54) is 12.2 Å². The number of aliphatic hydroxyl groups excluding tert-OH is 1. The highest BCUT2D eigenvalue weighted by atomic mass is 35.5. The predicted molar refractivity (Wildman–Crippen MR) is 49.2 cm³/mol. The van der Waals surface area contributed by atoms with Crippen molar-refractivity contribution in [1.29, 1.82) is 0 Å². The lowest BCUT2D eigenvalue weighted by molar-refractivity contribution is 0.206. The molecule has 1 aliphatic rings. The van der Waals surface area contributed by atoms with Crippen molar-refractivity contribution < 1.29 is 18.1 Å². The number of aliphatic hydroxyl groups is 1. The van der Waals surface area contributed by atoms with Gasteiger partial charge in [0.1, 0.15) is 6.10 Å². The first kappa shape index (κ1) is 11.0. The van der Waals surface area contributed by atoms with E-state index in [9.17, 15) is 13.5 Å². The zero-order valence-corrected chi connectivity index (χ0v) is 8.51. The van der Waals surface area contributed by atoms with Gasteiger partial charge in [0.2, 0.25) is 4.21 Å². The number of hydrogen-bond acceptors (Lipinski definition) is 3. The largest absolute Gasteiger partial charge is 0.384 e. The van der Waals surface area contributed by atoms with Crippen LogP contribution < -0.4 is 0 Å². The lowest BCUT2D eigenvalue weighted by atomic mass is 10.1. The molecule has 2 unspecified atom stereocenters. The van der Waals surface area contributed by atoms with E-state index in [1.54, 1.807) is 0 Å². The quantitative estimate of drug-likeness (QED) is 0.530. The highest BCUT2D eigenvalue weighted by Gasteiger charge is 2.48. The molecule has 0 aliphatic heterocycles. The average Bonchev–Trinajstić information content (AvgIpc) is 1.98. The van der Waals surface area contributed by atoms with Crippen LogP contribution in [0.1, 0.15) is 0 Å². The van der Waals surface area contributed by atoms with E-state index in [1.807, 2.05) is 0 Å². The number of rotatable bonds is 1. The second kappa shape index (κ2) is 3.25. The molecule has 0 heterocycles. The van der Waals surface area contributed by atoms with Gasteiger partial charge in [0, 0.05) is 5.03 Å². The van der Waals surface area contributed by atoms with E-state index >= 15 is 0 Å². The third-order valence-corrected chi connectivity index (χ3v) is 4.01. The second-order valence-electron chi connectivity index (χ2n) is 2.49. The van der Waals surface area contributed by atoms with E-state index in [0.717, 1.165) is 6.08 Å². The molecule has 7 heteroatoms. The Kier molecular flexibility index (Phi) is 2.75. The Morgan fingerprint density at radius 2 is 2.08 bits per heavy atom. The van der Waals surface area contributed by atoms with E-state index in [0.29, 0.717) is 0 Å². The maximum absolute atomic E-state index is 10.8. The topological polar surface area (TPSA) is 74.6 Å². The minimum absolute atomic E-state index is 0.143. The lowest BCUT2D eigenvalue weighted by Crippen LogP contribution is -2.43. The summed E-state index contributed by atoms with van der Waals surface area (Å²) in [5.74, 6) is 0. The first-order valence-corrected chi connectivity index (χ1v) is 5.37. The fourth-order valence-corrected chi connectivity index (χ4v) is 2.08. The van der Waals surface area contributed by atoms with Crippen molar-refractivity contribution in [3.63, 3.8) is 0 Å². The van der Waals surface area contributed by atoms with Crippen LogP contribution in [0.25, 0.3) is 0 Å². The van der Waals surface area contributed by atoms with Gasteiger partial charge in [-0.3, -0.25) is 4.55 Å². The Labute approximate surface area is 85.2 Å². The summed E-state index contributed by atoms with van der Waals surface area (Å²) < 4.78 is 28.0. The van der Waals surface area contributed by atoms with Gasteiger partial charge in [0.25, 0.3) is 10.1 Å². The normalized spacial score (nSPS) is 34.5. The van der Waals surface area contributed by atoms with Crippen LogP contribution in [0.3, 0.4) is 0 Å². The van der Waals surface area contributed by atoms with Crippen molar-refractivity contribution in [2.24, 2.45) is 0 Å². The van der Waals surface area contributed by atoms with Gasteiger partial charge in [-0.2, -0.15) is 8.42 Å². The van der Waals surface area contributed by atoms with Crippen LogP contribution in [0.15, 0.2) is 23.3 Å². The van der Waals surface area contributed by atoms with Crippen molar-refractivity contribution in [3.8, 4) is 0 Å². The molecular formula is C6H6Cl2O4S. The molecule has 0 amide bonds. The van der Waals surface area contributed by atoms with Crippen molar-refractivity contribution in [2.75, 3.05) is 0 Å². The molecule has 0 aromatic carbocycles. The molecule has 2 N–H and O–H groups in total. The zero-order chi connectivity index (χ0) is 10.3. The van der Waals surface area contributed by atoms with Gasteiger partial charge in [0.15, 0.2) is 0 Å². The molecular weight excluding hydrogens is 239 g/mol. The average molecular weight is 245 g/mol. The molecule has 1 rings (SSSR count). The maximum Gasteiger partial charge on any atom is 0.291 e. The fraction of sp³-hybridized carbons (Fsp3) is 0.333. The smallest absolute Gasteiger partial charge is 0.291 e. The van der Waals surface area contributed by atoms with E-state index in [4.69, 9.17) is 27.8 Å². The van der Waals surface area contributed by atoms with Gasteiger partial charge in [-0.25, -0.2) is 0 Å². The molecule has 74 valence electrons. The molecule has 13 heavy (non-hydrogen) atoms. The van der Waals surface area contributed by atoms with Gasteiger partial charge in [0.05, 0.1) is 0 Å². The number of hydrogen-bond donors (Lipinski definition) is 2. The molecule has 0 saturated carbocycles. The lowest BCUT2D eigenvalue weighted by Gasteiger charge is -2.27. The van der Waals surface area contributed by atoms with Crippen LogP contribution in [0.4, 0.5) is 0 Å². The minimum Gasteiger partial charge on any atom is -0.384 e. The van der Waals surface area contributed by atoms with Crippen molar-refractivity contribution in [3.05, 3.63) is 23.3 Å². The van der Waals surface area contributed by atoms with Gasteiger partial charge >= 0.3 is 0 Å². The number of alkyl halides is 1. The molecule has 0 saturated heterocycles. The molecule has 0 aromatic heterocycles. The minimum atomic E-state index is -4.60. The maximum atomic E-state index is 10.8. The summed E-state index contributed by atoms with van der Waals surface area (Å²) in [5, 5.41) is 9.17. The van der Waals surface area contributed by atoms with Crippen LogP contribution in [-0.4, -0.2) is 28.4 Å². The zero-order valence-electron chi connectivity index (χ0n) is 6.18. The van der Waals surface area contributed by atoms with Crippen LogP contribution in [0.5, 0.6) is 0 Å². The summed E-state index contributed by atoms with van der Waals surface area (Å²) in [6, 6.07) is 0. The first-order chi connectivity index (χ1) is 5.79. The number of halogens is 2. The summed E-state index contributed by atoms with van der Waals surface area (Å²) >= 11 is 11.0. The molecule has 1 aliphatic carbocycles. The summed E-state index contributed by atoms with van der Waals surface area (Å²) in [7, 11) is -4.60. The highest BCUT2D eigenvalue weighted by Crippen LogP contribution is 2.35. The molecule has 0 radical (unpaired) electrons. The molecule has 0 fully saturated rings. The van der Waals surface area contributed by atoms with Crippen LogP contribution in [0, 0.1) is 0 Å². The first-order valence-electron chi connectivity index (χ1n) is 3.18. The molecule has 0 bridgehead atoms. The van der Waals surface area contributed by atoms with E-state index < -0.39 is 20.4 Å². The van der Waals surface area contributed by atoms with Gasteiger partial charge in [-0.1, -0.05) is 29.3 Å². The summed E-state index contributed by atoms with van der Waals surface area (Å²) in [6.45, 7) is 0. The van der Waals surface area contributed by atoms with Crippen molar-refractivity contribution in [1.82, 2.24) is 0 Å². The number of allylic oxidation sites excluding steroid dienone is 2. The summed E-state index contributed by atoms with van der Waals surface area (Å²) in [4.78, 5) is 0. The second-order valence-corrected chi connectivity index (χ2v) is 5.40. The van der Waals surface area contributed by atoms with Crippen LogP contribution >= 0.6 is 23.2 Å². The Hall–Kier alpha value is -0.0700. The molecule has 4 nitrogen and oxygen atoms in total.